The lowest BCUT2D eigenvalue weighted by atomic mass is 9.84. The van der Waals surface area contributed by atoms with Gasteiger partial charge in [-0.05, 0) is 24.7 Å². The molecular weight excluding hydrogens is 474 g/mol. The lowest BCUT2D eigenvalue weighted by molar-refractivity contribution is -0.159. The van der Waals surface area contributed by atoms with Crippen molar-refractivity contribution in [1.82, 2.24) is 4.90 Å². The van der Waals surface area contributed by atoms with Crippen LogP contribution < -0.4 is 0 Å². The van der Waals surface area contributed by atoms with E-state index in [1.165, 1.54) is 4.90 Å². The smallest absolute Gasteiger partial charge is 0.308 e. The van der Waals surface area contributed by atoms with E-state index in [-0.39, 0.29) is 65.9 Å². The number of carbonyl (C=O) groups excluding carboxylic acids is 3. The maximum Gasteiger partial charge on any atom is 0.308 e. The molecule has 8 heteroatoms. The molecular formula is C29H53NO7. The summed E-state index contributed by atoms with van der Waals surface area (Å²) in [6.45, 7) is 15.7. The Hall–Kier alpha value is -1.93. The van der Waals surface area contributed by atoms with Crippen molar-refractivity contribution >= 4 is 18.3 Å². The van der Waals surface area contributed by atoms with Crippen molar-refractivity contribution in [2.75, 3.05) is 21.3 Å². The van der Waals surface area contributed by atoms with Crippen LogP contribution in [0.2, 0.25) is 0 Å². The quantitative estimate of drug-likeness (QED) is 0.167. The van der Waals surface area contributed by atoms with E-state index in [9.17, 15) is 14.4 Å². The molecule has 0 aromatic rings. The van der Waals surface area contributed by atoms with Gasteiger partial charge < -0.3 is 23.8 Å². The minimum absolute atomic E-state index is 0.00755. The Balaban J connectivity index is 5.59. The summed E-state index contributed by atoms with van der Waals surface area (Å²) < 4.78 is 23.3. The second kappa shape index (κ2) is 18.3. The zero-order valence-electron chi connectivity index (χ0n) is 25.1. The second-order valence-corrected chi connectivity index (χ2v) is 10.9. The number of nitrogens with zero attached hydrogens (tertiary/aromatic N) is 1. The van der Waals surface area contributed by atoms with Gasteiger partial charge in [0.25, 0.3) is 0 Å². The number of carbonyl (C=O) groups is 3. The monoisotopic (exact) mass is 527 g/mol. The highest BCUT2D eigenvalue weighted by Crippen LogP contribution is 2.29. The Morgan fingerprint density at radius 3 is 1.95 bits per heavy atom. The first-order chi connectivity index (χ1) is 17.3. The average molecular weight is 528 g/mol. The third-order valence-electron chi connectivity index (χ3n) is 7.05. The molecule has 0 saturated carbocycles. The van der Waals surface area contributed by atoms with E-state index in [0.29, 0.717) is 19.3 Å². The highest BCUT2D eigenvalue weighted by molar-refractivity contribution is 5.71. The minimum atomic E-state index is -0.349. The molecule has 0 aromatic carbocycles. The molecule has 7 atom stereocenters. The molecule has 0 spiro atoms. The van der Waals surface area contributed by atoms with Gasteiger partial charge in [-0.2, -0.15) is 0 Å². The highest BCUT2D eigenvalue weighted by atomic mass is 16.6. The predicted octanol–water partition coefficient (Wildman–Crippen LogP) is 5.24. The van der Waals surface area contributed by atoms with Crippen LogP contribution in [0.25, 0.3) is 0 Å². The second-order valence-electron chi connectivity index (χ2n) is 10.9. The summed E-state index contributed by atoms with van der Waals surface area (Å²) in [6.07, 6.45) is 5.86. The molecule has 0 fully saturated rings. The number of ether oxygens (including phenoxy) is 4. The van der Waals surface area contributed by atoms with Gasteiger partial charge in [0.1, 0.15) is 12.2 Å². The van der Waals surface area contributed by atoms with Crippen molar-refractivity contribution < 1.29 is 33.3 Å². The van der Waals surface area contributed by atoms with E-state index in [4.69, 9.17) is 18.9 Å². The fraction of sp³-hybridized carbons (Fsp3) is 0.828. The SMILES string of the molecule is CCC(=O)OC(CC(OC)C(C)CCC(OC(=O)C(C)C)C(C)C(OC)C(C)/C=C/N(C)C=O)C(C)C. The standard InChI is InChI=1S/C29H53NO7/c1-12-27(32)36-25(19(2)3)17-26(34-10)21(6)13-14-24(37-29(33)20(4)5)23(8)28(35-11)22(7)15-16-30(9)18-31/h15-16,18-26,28H,12-14,17H2,1-11H3/b16-15+. The Labute approximate surface area is 225 Å². The van der Waals surface area contributed by atoms with Crippen molar-refractivity contribution in [2.45, 2.75) is 105 Å². The summed E-state index contributed by atoms with van der Waals surface area (Å²) >= 11 is 0. The predicted molar refractivity (Wildman–Crippen MR) is 146 cm³/mol. The van der Waals surface area contributed by atoms with Gasteiger partial charge in [-0.1, -0.05) is 61.5 Å². The zero-order valence-corrected chi connectivity index (χ0v) is 25.1. The van der Waals surface area contributed by atoms with Crippen molar-refractivity contribution in [3.63, 3.8) is 0 Å². The molecule has 0 aliphatic carbocycles. The Bertz CT molecular complexity index is 694. The van der Waals surface area contributed by atoms with Gasteiger partial charge in [0, 0.05) is 52.1 Å². The van der Waals surface area contributed by atoms with E-state index in [2.05, 4.69) is 6.92 Å². The largest absolute Gasteiger partial charge is 0.462 e. The molecule has 7 unspecified atom stereocenters. The molecule has 0 rings (SSSR count). The van der Waals surface area contributed by atoms with Crippen LogP contribution in [0.5, 0.6) is 0 Å². The summed E-state index contributed by atoms with van der Waals surface area (Å²) in [4.78, 5) is 36.9. The average Bonchev–Trinajstić information content (AvgIpc) is 2.86. The van der Waals surface area contributed by atoms with Crippen LogP contribution in [0.1, 0.15) is 81.1 Å². The molecule has 0 radical (unpaired) electrons. The molecule has 0 bridgehead atoms. The van der Waals surface area contributed by atoms with Gasteiger partial charge in [0.05, 0.1) is 18.1 Å². The van der Waals surface area contributed by atoms with Crippen molar-refractivity contribution in [3.8, 4) is 0 Å². The van der Waals surface area contributed by atoms with E-state index in [1.807, 2.05) is 47.6 Å². The maximum atomic E-state index is 12.6. The number of rotatable bonds is 19. The van der Waals surface area contributed by atoms with Gasteiger partial charge in [0.2, 0.25) is 6.41 Å². The summed E-state index contributed by atoms with van der Waals surface area (Å²) in [5, 5.41) is 0. The Morgan fingerprint density at radius 2 is 1.49 bits per heavy atom. The normalized spacial score (nSPS) is 17.6. The van der Waals surface area contributed by atoms with Crippen molar-refractivity contribution in [1.29, 1.82) is 0 Å². The van der Waals surface area contributed by atoms with E-state index >= 15 is 0 Å². The molecule has 0 saturated heterocycles. The third-order valence-corrected chi connectivity index (χ3v) is 7.05. The van der Waals surface area contributed by atoms with Crippen LogP contribution in [0.3, 0.4) is 0 Å². The Morgan fingerprint density at radius 1 is 0.865 bits per heavy atom. The van der Waals surface area contributed by atoms with Gasteiger partial charge in [0.15, 0.2) is 0 Å². The summed E-state index contributed by atoms with van der Waals surface area (Å²) in [5.74, 6) is -0.447. The summed E-state index contributed by atoms with van der Waals surface area (Å²) in [6, 6.07) is 0. The van der Waals surface area contributed by atoms with Crippen LogP contribution in [0, 0.1) is 29.6 Å². The number of hydrogen-bond acceptors (Lipinski definition) is 7. The first kappa shape index (κ1) is 35.1. The molecule has 0 N–H and O–H groups in total. The van der Waals surface area contributed by atoms with Crippen LogP contribution in [-0.2, 0) is 33.3 Å². The van der Waals surface area contributed by atoms with Crippen LogP contribution in [-0.4, -0.2) is 68.9 Å². The van der Waals surface area contributed by atoms with Gasteiger partial charge >= 0.3 is 11.9 Å². The first-order valence-electron chi connectivity index (χ1n) is 13.6. The topological polar surface area (TPSA) is 91.4 Å². The van der Waals surface area contributed by atoms with Crippen molar-refractivity contribution in [3.05, 3.63) is 12.3 Å². The van der Waals surface area contributed by atoms with Gasteiger partial charge in [-0.25, -0.2) is 0 Å². The van der Waals surface area contributed by atoms with Gasteiger partial charge in [-0.15, -0.1) is 0 Å². The van der Waals surface area contributed by atoms with E-state index in [1.54, 1.807) is 34.4 Å². The highest BCUT2D eigenvalue weighted by Gasteiger charge is 2.33. The molecule has 37 heavy (non-hydrogen) atoms. The molecule has 0 aromatic heterocycles. The number of methoxy groups -OCH3 is 2. The molecule has 1 amide bonds. The van der Waals surface area contributed by atoms with Gasteiger partial charge in [-0.3, -0.25) is 14.4 Å². The molecule has 8 nitrogen and oxygen atoms in total. The van der Waals surface area contributed by atoms with E-state index < -0.39 is 0 Å². The zero-order chi connectivity index (χ0) is 28.7. The van der Waals surface area contributed by atoms with Crippen molar-refractivity contribution in [2.24, 2.45) is 29.6 Å². The first-order valence-corrected chi connectivity index (χ1v) is 13.6. The molecule has 216 valence electrons. The summed E-state index contributed by atoms with van der Waals surface area (Å²) in [7, 11) is 5.02. The van der Waals surface area contributed by atoms with E-state index in [0.717, 1.165) is 12.8 Å². The Kier molecular flexibility index (Phi) is 17.4. The third kappa shape index (κ3) is 12.9. The number of hydrogen-bond donors (Lipinski definition) is 0. The fourth-order valence-electron chi connectivity index (χ4n) is 4.36. The number of esters is 2. The van der Waals surface area contributed by atoms with Crippen LogP contribution in [0.15, 0.2) is 12.3 Å². The minimum Gasteiger partial charge on any atom is -0.462 e. The number of amides is 1. The molecule has 0 aliphatic rings. The maximum absolute atomic E-state index is 12.6. The molecule has 0 heterocycles. The summed E-state index contributed by atoms with van der Waals surface area (Å²) in [5.41, 5.74) is 0. The lowest BCUT2D eigenvalue weighted by Crippen LogP contribution is -2.39. The molecule has 0 aliphatic heterocycles. The van der Waals surface area contributed by atoms with Crippen LogP contribution >= 0.6 is 0 Å². The fourth-order valence-corrected chi connectivity index (χ4v) is 4.36. The lowest BCUT2D eigenvalue weighted by Gasteiger charge is -2.34. The van der Waals surface area contributed by atoms with Crippen LogP contribution in [0.4, 0.5) is 0 Å².